The van der Waals surface area contributed by atoms with Gasteiger partial charge in [-0.3, -0.25) is 9.69 Å². The van der Waals surface area contributed by atoms with Crippen LogP contribution in [0.2, 0.25) is 0 Å². The second-order valence-electron chi connectivity index (χ2n) is 4.11. The second kappa shape index (κ2) is 5.84. The third kappa shape index (κ3) is 3.08. The summed E-state index contributed by atoms with van der Waals surface area (Å²) >= 11 is 0. The smallest absolute Gasteiger partial charge is 0.326 e. The quantitative estimate of drug-likeness (QED) is 0.785. The minimum atomic E-state index is -1.05. The molecule has 0 spiro atoms. The Morgan fingerprint density at radius 2 is 2.35 bits per heavy atom. The summed E-state index contributed by atoms with van der Waals surface area (Å²) in [7, 11) is 1.50. The average Bonchev–Trinajstić information content (AvgIpc) is 2.78. The van der Waals surface area contributed by atoms with E-state index in [1.54, 1.807) is 19.3 Å². The van der Waals surface area contributed by atoms with Gasteiger partial charge in [0.05, 0.1) is 19.4 Å². The standard InChI is InChI=1S/C12H19NO4/c1-4-13(8-10-6-5-7-17-10)12(2,9-16-3)11(14)15/h5-7H,4,8-9H2,1-3H3,(H,14,15). The Kier molecular flexibility index (Phi) is 4.72. The summed E-state index contributed by atoms with van der Waals surface area (Å²) in [6.45, 7) is 4.77. The number of furan rings is 1. The van der Waals surface area contributed by atoms with E-state index in [-0.39, 0.29) is 6.61 Å². The van der Waals surface area contributed by atoms with Crippen molar-refractivity contribution in [2.45, 2.75) is 25.9 Å². The van der Waals surface area contributed by atoms with Crippen LogP contribution in [0.5, 0.6) is 0 Å². The molecule has 0 bridgehead atoms. The molecular formula is C12H19NO4. The molecule has 0 radical (unpaired) electrons. The maximum atomic E-state index is 11.4. The van der Waals surface area contributed by atoms with Gasteiger partial charge in [-0.05, 0) is 25.6 Å². The van der Waals surface area contributed by atoms with Crippen molar-refractivity contribution in [3.05, 3.63) is 24.2 Å². The fourth-order valence-electron chi connectivity index (χ4n) is 1.80. The molecular weight excluding hydrogens is 222 g/mol. The first-order valence-corrected chi connectivity index (χ1v) is 5.54. The fraction of sp³-hybridized carbons (Fsp3) is 0.583. The monoisotopic (exact) mass is 241 g/mol. The Labute approximate surface area is 101 Å². The number of carbonyl (C=O) groups is 1. The number of methoxy groups -OCH3 is 1. The van der Waals surface area contributed by atoms with Gasteiger partial charge in [0.2, 0.25) is 0 Å². The summed E-state index contributed by atoms with van der Waals surface area (Å²) in [4.78, 5) is 13.2. The number of aliphatic carboxylic acids is 1. The van der Waals surface area contributed by atoms with Crippen molar-refractivity contribution in [2.24, 2.45) is 0 Å². The van der Waals surface area contributed by atoms with Crippen LogP contribution in [0.1, 0.15) is 19.6 Å². The molecule has 1 heterocycles. The molecule has 1 aromatic rings. The van der Waals surface area contributed by atoms with Gasteiger partial charge < -0.3 is 14.3 Å². The number of hydrogen-bond donors (Lipinski definition) is 1. The minimum absolute atomic E-state index is 0.136. The maximum Gasteiger partial charge on any atom is 0.326 e. The van der Waals surface area contributed by atoms with Crippen LogP contribution in [-0.2, 0) is 16.1 Å². The van der Waals surface area contributed by atoms with Crippen LogP contribution in [0, 0.1) is 0 Å². The summed E-state index contributed by atoms with van der Waals surface area (Å²) < 4.78 is 10.3. The Bertz CT molecular complexity index is 349. The van der Waals surface area contributed by atoms with Gasteiger partial charge >= 0.3 is 5.97 Å². The van der Waals surface area contributed by atoms with Crippen molar-refractivity contribution in [1.29, 1.82) is 0 Å². The van der Waals surface area contributed by atoms with Gasteiger partial charge in [-0.15, -0.1) is 0 Å². The summed E-state index contributed by atoms with van der Waals surface area (Å²) in [6.07, 6.45) is 1.58. The zero-order chi connectivity index (χ0) is 12.9. The van der Waals surface area contributed by atoms with Crippen LogP contribution < -0.4 is 0 Å². The summed E-state index contributed by atoms with van der Waals surface area (Å²) in [5.74, 6) is -0.150. The van der Waals surface area contributed by atoms with E-state index < -0.39 is 11.5 Å². The lowest BCUT2D eigenvalue weighted by atomic mass is 10.0. The highest BCUT2D eigenvalue weighted by molar-refractivity contribution is 5.78. The first-order valence-electron chi connectivity index (χ1n) is 5.54. The number of ether oxygens (including phenoxy) is 1. The molecule has 0 saturated heterocycles. The summed E-state index contributed by atoms with van der Waals surface area (Å²) in [5.41, 5.74) is -1.05. The highest BCUT2D eigenvalue weighted by Crippen LogP contribution is 2.19. The zero-order valence-electron chi connectivity index (χ0n) is 10.5. The largest absolute Gasteiger partial charge is 0.480 e. The molecule has 1 aromatic heterocycles. The molecule has 0 aliphatic rings. The molecule has 0 aliphatic carbocycles. The van der Waals surface area contributed by atoms with Gasteiger partial charge in [0, 0.05) is 7.11 Å². The van der Waals surface area contributed by atoms with E-state index in [0.29, 0.717) is 13.1 Å². The average molecular weight is 241 g/mol. The third-order valence-corrected chi connectivity index (χ3v) is 2.89. The number of carboxylic acids is 1. The Hall–Kier alpha value is -1.33. The number of hydrogen-bond acceptors (Lipinski definition) is 4. The summed E-state index contributed by atoms with van der Waals surface area (Å²) in [5, 5.41) is 9.34. The Morgan fingerprint density at radius 3 is 2.76 bits per heavy atom. The van der Waals surface area contributed by atoms with Crippen molar-refractivity contribution in [3.63, 3.8) is 0 Å². The predicted octanol–water partition coefficient (Wildman–Crippen LogP) is 1.59. The van der Waals surface area contributed by atoms with Gasteiger partial charge in [0.25, 0.3) is 0 Å². The van der Waals surface area contributed by atoms with Crippen LogP contribution in [0.4, 0.5) is 0 Å². The molecule has 96 valence electrons. The number of carboxylic acid groups (broad SMARTS) is 1. The van der Waals surface area contributed by atoms with E-state index in [1.807, 2.05) is 17.9 Å². The topological polar surface area (TPSA) is 62.9 Å². The van der Waals surface area contributed by atoms with Crippen LogP contribution in [-0.4, -0.2) is 41.8 Å². The molecule has 0 aliphatic heterocycles. The highest BCUT2D eigenvalue weighted by atomic mass is 16.5. The Balaban J connectivity index is 2.85. The number of nitrogens with zero attached hydrogens (tertiary/aromatic N) is 1. The normalized spacial score (nSPS) is 14.8. The lowest BCUT2D eigenvalue weighted by Crippen LogP contribution is -2.55. The van der Waals surface area contributed by atoms with Crippen molar-refractivity contribution in [1.82, 2.24) is 4.90 Å². The molecule has 1 unspecified atom stereocenters. The molecule has 1 N–H and O–H groups in total. The molecule has 1 atom stereocenters. The van der Waals surface area contributed by atoms with E-state index >= 15 is 0 Å². The molecule has 5 heteroatoms. The van der Waals surface area contributed by atoms with E-state index in [0.717, 1.165) is 5.76 Å². The van der Waals surface area contributed by atoms with Gasteiger partial charge in [-0.2, -0.15) is 0 Å². The minimum Gasteiger partial charge on any atom is -0.480 e. The lowest BCUT2D eigenvalue weighted by molar-refractivity contribution is -0.154. The fourth-order valence-corrected chi connectivity index (χ4v) is 1.80. The van der Waals surface area contributed by atoms with Gasteiger partial charge in [-0.25, -0.2) is 0 Å². The molecule has 17 heavy (non-hydrogen) atoms. The molecule has 5 nitrogen and oxygen atoms in total. The molecule has 1 rings (SSSR count). The van der Waals surface area contributed by atoms with E-state index in [2.05, 4.69) is 0 Å². The first kappa shape index (κ1) is 13.7. The van der Waals surface area contributed by atoms with Crippen molar-refractivity contribution >= 4 is 5.97 Å². The zero-order valence-corrected chi connectivity index (χ0v) is 10.5. The first-order chi connectivity index (χ1) is 8.04. The second-order valence-corrected chi connectivity index (χ2v) is 4.11. The van der Waals surface area contributed by atoms with E-state index in [1.165, 1.54) is 7.11 Å². The molecule has 0 fully saturated rings. The predicted molar refractivity (Wildman–Crippen MR) is 62.7 cm³/mol. The molecule has 0 aromatic carbocycles. The maximum absolute atomic E-state index is 11.4. The van der Waals surface area contributed by atoms with Gasteiger partial charge in [0.15, 0.2) is 0 Å². The van der Waals surface area contributed by atoms with Gasteiger partial charge in [-0.1, -0.05) is 6.92 Å². The SMILES string of the molecule is CCN(Cc1ccco1)C(C)(COC)C(=O)O. The van der Waals surface area contributed by atoms with Crippen LogP contribution in [0.25, 0.3) is 0 Å². The van der Waals surface area contributed by atoms with Crippen molar-refractivity contribution in [3.8, 4) is 0 Å². The van der Waals surface area contributed by atoms with Crippen LogP contribution in [0.3, 0.4) is 0 Å². The van der Waals surface area contributed by atoms with Crippen molar-refractivity contribution < 1.29 is 19.1 Å². The summed E-state index contributed by atoms with van der Waals surface area (Å²) in [6, 6.07) is 3.62. The molecule has 0 saturated carbocycles. The number of rotatable bonds is 7. The van der Waals surface area contributed by atoms with Gasteiger partial charge in [0.1, 0.15) is 11.3 Å². The highest BCUT2D eigenvalue weighted by Gasteiger charge is 2.39. The Morgan fingerprint density at radius 1 is 1.65 bits per heavy atom. The molecule has 0 amide bonds. The third-order valence-electron chi connectivity index (χ3n) is 2.89. The van der Waals surface area contributed by atoms with E-state index in [4.69, 9.17) is 9.15 Å². The van der Waals surface area contributed by atoms with Crippen molar-refractivity contribution in [2.75, 3.05) is 20.3 Å². The van der Waals surface area contributed by atoms with E-state index in [9.17, 15) is 9.90 Å². The number of likely N-dealkylation sites (N-methyl/N-ethyl adjacent to an activating group) is 1. The lowest BCUT2D eigenvalue weighted by Gasteiger charge is -2.36. The van der Waals surface area contributed by atoms with Crippen LogP contribution in [0.15, 0.2) is 22.8 Å². The van der Waals surface area contributed by atoms with Crippen LogP contribution >= 0.6 is 0 Å².